The minimum Gasteiger partial charge on any atom is -0.498 e. The quantitative estimate of drug-likeness (QED) is 0.0531. The number of carbonyl (C=O) groups is 1. The zero-order valence-electron chi connectivity index (χ0n) is 15.7. The zero-order chi connectivity index (χ0) is 21.8. The smallest absolute Gasteiger partial charge is 0.333 e. The van der Waals surface area contributed by atoms with Crippen LogP contribution in [0.25, 0.3) is 0 Å². The zero-order valence-corrected chi connectivity index (χ0v) is 16.5. The number of carbonyl (C=O) groups excluding carboxylic acids is 1. The van der Waals surface area contributed by atoms with E-state index in [1.54, 1.807) is 0 Å². The van der Waals surface area contributed by atoms with Crippen LogP contribution in [0.15, 0.2) is 24.7 Å². The number of ether oxygens (including phenoxy) is 3. The Labute approximate surface area is 167 Å². The van der Waals surface area contributed by atoms with Gasteiger partial charge in [-0.05, 0) is 29.8 Å². The summed E-state index contributed by atoms with van der Waals surface area (Å²) in [7, 11) is -3.96. The maximum absolute atomic E-state index is 11.0. The molecule has 0 bridgehead atoms. The van der Waals surface area contributed by atoms with Crippen molar-refractivity contribution in [2.75, 3.05) is 38.8 Å². The Balaban J connectivity index is 3.20. The summed E-state index contributed by atoms with van der Waals surface area (Å²) in [5.41, 5.74) is 0.298. The molecular formula is C14H24O14S. The van der Waals surface area contributed by atoms with Gasteiger partial charge in [-0.3, -0.25) is 4.55 Å². The topological polar surface area (TPSA) is 164 Å². The first kappa shape index (κ1) is 27.2. The lowest BCUT2D eigenvalue weighted by atomic mass is 10.4. The third-order valence-electron chi connectivity index (χ3n) is 2.44. The van der Waals surface area contributed by atoms with E-state index in [4.69, 9.17) is 18.8 Å². The molecule has 0 heterocycles. The number of hydrogen-bond donors (Lipinski definition) is 1. The Kier molecular flexibility index (Phi) is 17.1. The Morgan fingerprint density at radius 3 is 2.34 bits per heavy atom. The van der Waals surface area contributed by atoms with Gasteiger partial charge in [0.1, 0.15) is 19.5 Å². The second-order valence-corrected chi connectivity index (χ2v) is 6.50. The van der Waals surface area contributed by atoms with Crippen molar-refractivity contribution in [2.45, 2.75) is 19.8 Å². The van der Waals surface area contributed by atoms with Crippen LogP contribution in [0.3, 0.4) is 0 Å². The van der Waals surface area contributed by atoms with Crippen molar-refractivity contribution < 1.29 is 66.9 Å². The van der Waals surface area contributed by atoms with Gasteiger partial charge in [0, 0.05) is 20.7 Å². The molecular weight excluding hydrogens is 424 g/mol. The second kappa shape index (κ2) is 18.2. The van der Waals surface area contributed by atoms with E-state index in [9.17, 15) is 13.2 Å². The summed E-state index contributed by atoms with van der Waals surface area (Å²) < 4.78 is 44.1. The van der Waals surface area contributed by atoms with Crippen LogP contribution in [0.5, 0.6) is 0 Å². The highest BCUT2D eigenvalue weighted by molar-refractivity contribution is 7.85. The fourth-order valence-corrected chi connectivity index (χ4v) is 1.81. The number of esters is 1. The number of hydrogen-bond acceptors (Lipinski definition) is 13. The van der Waals surface area contributed by atoms with Crippen molar-refractivity contribution in [1.29, 1.82) is 0 Å². The number of unbranched alkanes of at least 4 members (excludes halogenated alkanes) is 1. The lowest BCUT2D eigenvalue weighted by molar-refractivity contribution is -0.786. The molecule has 0 aliphatic carbocycles. The monoisotopic (exact) mass is 448 g/mol. The van der Waals surface area contributed by atoms with Crippen molar-refractivity contribution >= 4 is 16.1 Å². The van der Waals surface area contributed by atoms with Crippen molar-refractivity contribution in [3.63, 3.8) is 0 Å². The maximum Gasteiger partial charge on any atom is 0.333 e. The Morgan fingerprint density at radius 1 is 0.931 bits per heavy atom. The lowest BCUT2D eigenvalue weighted by Crippen LogP contribution is -2.13. The summed E-state index contributed by atoms with van der Waals surface area (Å²) in [5.74, 6) is -0.835. The fraction of sp³-hybridized carbons (Fsp3) is 0.643. The summed E-state index contributed by atoms with van der Waals surface area (Å²) in [6, 6.07) is 0. The highest BCUT2D eigenvalue weighted by Gasteiger charge is 2.03. The molecule has 0 aliphatic heterocycles. The Morgan fingerprint density at radius 2 is 1.62 bits per heavy atom. The van der Waals surface area contributed by atoms with Crippen LogP contribution in [-0.2, 0) is 64.1 Å². The summed E-state index contributed by atoms with van der Waals surface area (Å²) in [5, 5.41) is 19.7. The van der Waals surface area contributed by atoms with Gasteiger partial charge in [0.05, 0.1) is 25.6 Å². The molecule has 0 saturated carbocycles. The predicted octanol–water partition coefficient (Wildman–Crippen LogP) is 0.884. The van der Waals surface area contributed by atoms with Gasteiger partial charge in [-0.1, -0.05) is 6.58 Å². The average molecular weight is 448 g/mol. The van der Waals surface area contributed by atoms with E-state index in [2.05, 4.69) is 41.5 Å². The van der Waals surface area contributed by atoms with Crippen LogP contribution in [-0.4, -0.2) is 57.7 Å². The van der Waals surface area contributed by atoms with Crippen molar-refractivity contribution in [1.82, 2.24) is 0 Å². The molecule has 29 heavy (non-hydrogen) atoms. The third-order valence-corrected chi connectivity index (χ3v) is 3.25. The molecule has 0 aliphatic rings. The molecule has 0 aromatic heterocycles. The molecule has 0 aromatic carbocycles. The molecule has 1 N–H and O–H groups in total. The minimum atomic E-state index is -3.96. The molecule has 0 unspecified atom stereocenters. The molecule has 0 saturated heterocycles. The normalized spacial score (nSPS) is 11.5. The maximum atomic E-state index is 11.0. The van der Waals surface area contributed by atoms with Crippen molar-refractivity contribution in [3.8, 4) is 0 Å². The Hall–Kier alpha value is -1.82. The van der Waals surface area contributed by atoms with E-state index < -0.39 is 16.1 Å². The van der Waals surface area contributed by atoms with Crippen molar-refractivity contribution in [2.24, 2.45) is 0 Å². The molecule has 0 rings (SSSR count). The van der Waals surface area contributed by atoms with Gasteiger partial charge in [-0.25, -0.2) is 9.68 Å². The second-order valence-electron chi connectivity index (χ2n) is 4.92. The molecule has 0 amide bonds. The summed E-state index contributed by atoms with van der Waals surface area (Å²) in [6.07, 6.45) is 2.69. The van der Waals surface area contributed by atoms with Crippen LogP contribution in [0.4, 0.5) is 0 Å². The van der Waals surface area contributed by atoms with E-state index in [-0.39, 0.29) is 45.2 Å². The van der Waals surface area contributed by atoms with Crippen LogP contribution in [0.2, 0.25) is 0 Å². The van der Waals surface area contributed by atoms with E-state index >= 15 is 0 Å². The van der Waals surface area contributed by atoms with Gasteiger partial charge in [0.15, 0.2) is 6.26 Å². The summed E-state index contributed by atoms with van der Waals surface area (Å²) in [4.78, 5) is 19.8. The molecule has 0 atom stereocenters. The molecule has 0 aromatic rings. The lowest BCUT2D eigenvalue weighted by Gasteiger charge is -2.05. The van der Waals surface area contributed by atoms with E-state index in [1.165, 1.54) is 6.92 Å². The van der Waals surface area contributed by atoms with E-state index in [0.717, 1.165) is 12.5 Å². The van der Waals surface area contributed by atoms with Crippen LogP contribution in [0, 0.1) is 0 Å². The first-order chi connectivity index (χ1) is 13.8. The van der Waals surface area contributed by atoms with E-state index in [1.807, 2.05) is 0 Å². The minimum absolute atomic E-state index is 0.0283. The molecule has 0 fully saturated rings. The molecule has 170 valence electrons. The van der Waals surface area contributed by atoms with Gasteiger partial charge in [0.25, 0.3) is 10.1 Å². The fourth-order valence-electron chi connectivity index (χ4n) is 1.24. The first-order valence-electron chi connectivity index (χ1n) is 8.06. The highest BCUT2D eigenvalue weighted by atomic mass is 32.2. The summed E-state index contributed by atoms with van der Waals surface area (Å²) in [6.45, 7) is 5.49. The number of rotatable bonds is 20. The van der Waals surface area contributed by atoms with Crippen LogP contribution in [0.1, 0.15) is 19.8 Å². The largest absolute Gasteiger partial charge is 0.498 e. The van der Waals surface area contributed by atoms with Crippen LogP contribution >= 0.6 is 0 Å². The third kappa shape index (κ3) is 22.3. The van der Waals surface area contributed by atoms with Gasteiger partial charge in [0.2, 0.25) is 0 Å². The Bertz CT molecular complexity index is 561. The predicted molar refractivity (Wildman–Crippen MR) is 89.8 cm³/mol. The van der Waals surface area contributed by atoms with Gasteiger partial charge >= 0.3 is 5.97 Å². The molecule has 15 heteroatoms. The van der Waals surface area contributed by atoms with Crippen LogP contribution < -0.4 is 0 Å². The van der Waals surface area contributed by atoms with Gasteiger partial charge in [-0.15, -0.1) is 0 Å². The SMILES string of the molecule is C=C(C)C(=O)OCCOCCOOOOOOO/C=C\OCCCCS(=O)(=O)O. The summed E-state index contributed by atoms with van der Waals surface area (Å²) >= 11 is 0. The molecule has 0 spiro atoms. The van der Waals surface area contributed by atoms with Crippen molar-refractivity contribution in [3.05, 3.63) is 24.7 Å². The van der Waals surface area contributed by atoms with E-state index in [0.29, 0.717) is 12.0 Å². The van der Waals surface area contributed by atoms with Gasteiger partial charge in [-0.2, -0.15) is 8.42 Å². The molecule has 0 radical (unpaired) electrons. The molecule has 14 nitrogen and oxygen atoms in total. The average Bonchev–Trinajstić information content (AvgIpc) is 2.65. The standard InChI is InChI=1S/C14H24O14S/c1-13(2)14(15)21-9-6-20-8-11-23-25-27-28-26-24-22-10-7-19-5-3-4-12-29(16,17)18/h7,10H,1,3-6,8-9,11-12H2,2H3,(H,16,17,18)/b10-7-. The highest BCUT2D eigenvalue weighted by Crippen LogP contribution is 1.96. The first-order valence-corrected chi connectivity index (χ1v) is 9.67. The van der Waals surface area contributed by atoms with Gasteiger partial charge < -0.3 is 19.1 Å².